The van der Waals surface area contributed by atoms with E-state index in [1.807, 2.05) is 31.2 Å². The number of unbranched alkanes of at least 4 members (excludes halogenated alkanes) is 14. The van der Waals surface area contributed by atoms with Crippen LogP contribution in [0.15, 0.2) is 29.4 Å². The average Bonchev–Trinajstić information content (AvgIpc) is 2.78. The van der Waals surface area contributed by atoms with Crippen LogP contribution in [0.25, 0.3) is 0 Å². The number of hydrogen-bond acceptors (Lipinski definition) is 3. The van der Waals surface area contributed by atoms with Gasteiger partial charge in [0.05, 0.1) is 12.8 Å². The van der Waals surface area contributed by atoms with E-state index in [0.29, 0.717) is 13.0 Å². The van der Waals surface area contributed by atoms with Crippen molar-refractivity contribution in [1.82, 2.24) is 5.43 Å². The number of benzene rings is 1. The molecule has 0 fully saturated rings. The first-order valence-electron chi connectivity index (χ1n) is 12.8. The number of amides is 1. The van der Waals surface area contributed by atoms with Crippen LogP contribution in [0.5, 0.6) is 5.75 Å². The summed E-state index contributed by atoms with van der Waals surface area (Å²) in [5.74, 6) is 0.841. The monoisotopic (exact) mass is 430 g/mol. The summed E-state index contributed by atoms with van der Waals surface area (Å²) in [4.78, 5) is 11.9. The minimum Gasteiger partial charge on any atom is -0.494 e. The SMILES string of the molecule is CCCCCCCCCCCCCCCCCC(=O)N/N=C/c1ccc(OCC)cc1. The molecule has 0 radical (unpaired) electrons. The van der Waals surface area contributed by atoms with Gasteiger partial charge in [-0.25, -0.2) is 5.43 Å². The molecule has 0 spiro atoms. The lowest BCUT2D eigenvalue weighted by molar-refractivity contribution is -0.121. The van der Waals surface area contributed by atoms with E-state index in [4.69, 9.17) is 4.74 Å². The molecule has 1 amide bonds. The fourth-order valence-electron chi connectivity index (χ4n) is 3.71. The topological polar surface area (TPSA) is 50.7 Å². The molecule has 0 atom stereocenters. The number of carbonyl (C=O) groups is 1. The van der Waals surface area contributed by atoms with Gasteiger partial charge in [-0.2, -0.15) is 5.10 Å². The van der Waals surface area contributed by atoms with E-state index in [0.717, 1.165) is 24.2 Å². The maximum Gasteiger partial charge on any atom is 0.240 e. The van der Waals surface area contributed by atoms with Crippen LogP contribution in [0.3, 0.4) is 0 Å². The van der Waals surface area contributed by atoms with Gasteiger partial charge < -0.3 is 4.74 Å². The number of rotatable bonds is 20. The second-order valence-electron chi connectivity index (χ2n) is 8.49. The van der Waals surface area contributed by atoms with Crippen LogP contribution >= 0.6 is 0 Å². The van der Waals surface area contributed by atoms with Crippen molar-refractivity contribution in [1.29, 1.82) is 0 Å². The summed E-state index contributed by atoms with van der Waals surface area (Å²) in [5.41, 5.74) is 3.56. The van der Waals surface area contributed by atoms with Crippen LogP contribution in [-0.2, 0) is 4.79 Å². The van der Waals surface area contributed by atoms with Crippen molar-refractivity contribution < 1.29 is 9.53 Å². The molecule has 1 aromatic carbocycles. The molecule has 0 bridgehead atoms. The van der Waals surface area contributed by atoms with Crippen molar-refractivity contribution >= 4 is 12.1 Å². The van der Waals surface area contributed by atoms with Gasteiger partial charge in [0.1, 0.15) is 5.75 Å². The van der Waals surface area contributed by atoms with Gasteiger partial charge in [-0.1, -0.05) is 96.8 Å². The molecule has 1 aromatic rings. The summed E-state index contributed by atoms with van der Waals surface area (Å²) in [6.07, 6.45) is 22.2. The van der Waals surface area contributed by atoms with Crippen molar-refractivity contribution in [2.75, 3.05) is 6.61 Å². The zero-order chi connectivity index (χ0) is 22.4. The van der Waals surface area contributed by atoms with E-state index >= 15 is 0 Å². The van der Waals surface area contributed by atoms with Crippen LogP contribution in [0.4, 0.5) is 0 Å². The lowest BCUT2D eigenvalue weighted by Gasteiger charge is -2.04. The smallest absolute Gasteiger partial charge is 0.240 e. The number of nitrogens with one attached hydrogen (secondary N) is 1. The van der Waals surface area contributed by atoms with E-state index in [1.54, 1.807) is 6.21 Å². The van der Waals surface area contributed by atoms with Gasteiger partial charge >= 0.3 is 0 Å². The molecule has 1 N–H and O–H groups in total. The molecule has 0 heterocycles. The van der Waals surface area contributed by atoms with Gasteiger partial charge in [0.15, 0.2) is 0 Å². The Hall–Kier alpha value is -1.84. The molecule has 1 rings (SSSR count). The van der Waals surface area contributed by atoms with Crippen molar-refractivity contribution in [2.24, 2.45) is 5.10 Å². The van der Waals surface area contributed by atoms with E-state index in [2.05, 4.69) is 17.5 Å². The van der Waals surface area contributed by atoms with Gasteiger partial charge in [-0.15, -0.1) is 0 Å². The van der Waals surface area contributed by atoms with Crippen molar-refractivity contribution in [3.05, 3.63) is 29.8 Å². The molecule has 0 saturated carbocycles. The maximum absolute atomic E-state index is 11.9. The summed E-state index contributed by atoms with van der Waals surface area (Å²) in [6, 6.07) is 7.66. The Morgan fingerprint density at radius 2 is 1.26 bits per heavy atom. The lowest BCUT2D eigenvalue weighted by atomic mass is 10.0. The molecule has 0 saturated heterocycles. The number of hydrazone groups is 1. The molecule has 0 aliphatic rings. The zero-order valence-electron chi connectivity index (χ0n) is 20.2. The van der Waals surface area contributed by atoms with Crippen LogP contribution in [0, 0.1) is 0 Å². The highest BCUT2D eigenvalue weighted by Crippen LogP contribution is 2.14. The Balaban J connectivity index is 1.88. The third-order valence-electron chi connectivity index (χ3n) is 5.60. The van der Waals surface area contributed by atoms with E-state index in [1.165, 1.54) is 83.5 Å². The highest BCUT2D eigenvalue weighted by Gasteiger charge is 2.00. The summed E-state index contributed by atoms with van der Waals surface area (Å²) >= 11 is 0. The molecule has 31 heavy (non-hydrogen) atoms. The highest BCUT2D eigenvalue weighted by atomic mass is 16.5. The van der Waals surface area contributed by atoms with Crippen molar-refractivity contribution in [2.45, 2.75) is 117 Å². The summed E-state index contributed by atoms with van der Waals surface area (Å²) < 4.78 is 5.41. The van der Waals surface area contributed by atoms with Crippen molar-refractivity contribution in [3.8, 4) is 5.75 Å². The quantitative estimate of drug-likeness (QED) is 0.130. The second-order valence-corrected chi connectivity index (χ2v) is 8.49. The number of ether oxygens (including phenoxy) is 1. The number of carbonyl (C=O) groups excluding carboxylic acids is 1. The fourth-order valence-corrected chi connectivity index (χ4v) is 3.71. The molecule has 4 nitrogen and oxygen atoms in total. The Morgan fingerprint density at radius 1 is 0.774 bits per heavy atom. The van der Waals surface area contributed by atoms with Crippen LogP contribution < -0.4 is 10.2 Å². The minimum atomic E-state index is -0.00289. The molecule has 176 valence electrons. The summed E-state index contributed by atoms with van der Waals surface area (Å²) in [6.45, 7) is 4.89. The highest BCUT2D eigenvalue weighted by molar-refractivity contribution is 5.82. The fraction of sp³-hybridized carbons (Fsp3) is 0.704. The zero-order valence-corrected chi connectivity index (χ0v) is 20.2. The van der Waals surface area contributed by atoms with E-state index in [-0.39, 0.29) is 5.91 Å². The molecular formula is C27H46N2O2. The van der Waals surface area contributed by atoms with Gasteiger partial charge in [0.2, 0.25) is 5.91 Å². The van der Waals surface area contributed by atoms with Crippen LogP contribution in [0.2, 0.25) is 0 Å². The Bertz CT molecular complexity index is 569. The summed E-state index contributed by atoms with van der Waals surface area (Å²) in [7, 11) is 0. The maximum atomic E-state index is 11.9. The standard InChI is InChI=1S/C27H46N2O2/c1-3-5-6-7-8-9-10-11-12-13-14-15-16-17-18-19-27(30)29-28-24-25-20-22-26(23-21-25)31-4-2/h20-24H,3-19H2,1-2H3,(H,29,30)/b28-24+. The molecular weight excluding hydrogens is 384 g/mol. The van der Waals surface area contributed by atoms with Gasteiger partial charge in [0.25, 0.3) is 0 Å². The van der Waals surface area contributed by atoms with Gasteiger partial charge in [-0.05, 0) is 43.2 Å². The predicted molar refractivity (Wildman–Crippen MR) is 133 cm³/mol. The largest absolute Gasteiger partial charge is 0.494 e. The van der Waals surface area contributed by atoms with Gasteiger partial charge in [0, 0.05) is 6.42 Å². The summed E-state index contributed by atoms with van der Waals surface area (Å²) in [5, 5.41) is 4.04. The molecule has 0 aliphatic heterocycles. The minimum absolute atomic E-state index is 0.00289. The van der Waals surface area contributed by atoms with E-state index in [9.17, 15) is 4.79 Å². The molecule has 0 unspecified atom stereocenters. The number of hydrogen-bond donors (Lipinski definition) is 1. The first kappa shape index (κ1) is 27.2. The first-order valence-corrected chi connectivity index (χ1v) is 12.8. The average molecular weight is 431 g/mol. The molecule has 0 aromatic heterocycles. The lowest BCUT2D eigenvalue weighted by Crippen LogP contribution is -2.16. The second kappa shape index (κ2) is 20.1. The van der Waals surface area contributed by atoms with Gasteiger partial charge in [-0.3, -0.25) is 4.79 Å². The Labute approximate surface area is 191 Å². The third-order valence-corrected chi connectivity index (χ3v) is 5.60. The predicted octanol–water partition coefficient (Wildman–Crippen LogP) is 7.80. The first-order chi connectivity index (χ1) is 15.3. The van der Waals surface area contributed by atoms with Crippen LogP contribution in [-0.4, -0.2) is 18.7 Å². The van der Waals surface area contributed by atoms with Crippen LogP contribution in [0.1, 0.15) is 122 Å². The third kappa shape index (κ3) is 16.5. The Morgan fingerprint density at radius 3 is 1.74 bits per heavy atom. The number of nitrogens with zero attached hydrogens (tertiary/aromatic N) is 1. The normalized spacial score (nSPS) is 11.2. The van der Waals surface area contributed by atoms with Crippen molar-refractivity contribution in [3.63, 3.8) is 0 Å². The molecule has 4 heteroatoms. The molecule has 0 aliphatic carbocycles. The Kier molecular flexibility index (Phi) is 17.6. The van der Waals surface area contributed by atoms with E-state index < -0.39 is 0 Å².